The standard InChI is InChI=1S/C11H22N4O/c1-4-9-6-11(15(3)14-9)7-10(13-12)8-16-5-2/h6,10,13H,4-5,7-8,12H2,1-3H3. The van der Waals surface area contributed by atoms with Crippen molar-refractivity contribution in [2.24, 2.45) is 12.9 Å². The highest BCUT2D eigenvalue weighted by Gasteiger charge is 2.11. The van der Waals surface area contributed by atoms with Gasteiger partial charge in [-0.05, 0) is 19.4 Å². The van der Waals surface area contributed by atoms with Crippen LogP contribution in [-0.4, -0.2) is 29.0 Å². The Bertz CT molecular complexity index is 311. The zero-order valence-electron chi connectivity index (χ0n) is 10.4. The molecular formula is C11H22N4O. The Morgan fingerprint density at radius 2 is 2.31 bits per heavy atom. The lowest BCUT2D eigenvalue weighted by Crippen LogP contribution is -2.40. The quantitative estimate of drug-likeness (QED) is 0.521. The minimum absolute atomic E-state index is 0.139. The van der Waals surface area contributed by atoms with Crippen LogP contribution in [-0.2, 0) is 24.6 Å². The number of nitrogens with one attached hydrogen (secondary N) is 1. The summed E-state index contributed by atoms with van der Waals surface area (Å²) in [5.74, 6) is 5.49. The van der Waals surface area contributed by atoms with Gasteiger partial charge in [0.05, 0.1) is 12.3 Å². The Morgan fingerprint density at radius 1 is 1.56 bits per heavy atom. The summed E-state index contributed by atoms with van der Waals surface area (Å²) in [4.78, 5) is 0. The first-order chi connectivity index (χ1) is 7.71. The normalized spacial score (nSPS) is 13.0. The zero-order chi connectivity index (χ0) is 12.0. The number of hydrazine groups is 1. The van der Waals surface area contributed by atoms with Crippen LogP contribution in [0.1, 0.15) is 25.2 Å². The van der Waals surface area contributed by atoms with E-state index >= 15 is 0 Å². The van der Waals surface area contributed by atoms with E-state index in [1.165, 1.54) is 5.69 Å². The van der Waals surface area contributed by atoms with Crippen LogP contribution >= 0.6 is 0 Å². The molecule has 0 aliphatic heterocycles. The van der Waals surface area contributed by atoms with Crippen LogP contribution in [0.2, 0.25) is 0 Å². The van der Waals surface area contributed by atoms with E-state index < -0.39 is 0 Å². The van der Waals surface area contributed by atoms with Crippen molar-refractivity contribution in [1.82, 2.24) is 15.2 Å². The van der Waals surface area contributed by atoms with E-state index in [1.807, 2.05) is 18.7 Å². The van der Waals surface area contributed by atoms with Gasteiger partial charge in [-0.25, -0.2) is 0 Å². The summed E-state index contributed by atoms with van der Waals surface area (Å²) in [6.07, 6.45) is 1.79. The fourth-order valence-corrected chi connectivity index (χ4v) is 1.61. The topological polar surface area (TPSA) is 65.1 Å². The molecule has 0 aliphatic carbocycles. The molecule has 1 aromatic heterocycles. The van der Waals surface area contributed by atoms with Crippen LogP contribution in [0.5, 0.6) is 0 Å². The molecule has 1 aromatic rings. The molecule has 0 spiro atoms. The Morgan fingerprint density at radius 3 is 2.81 bits per heavy atom. The maximum atomic E-state index is 5.49. The molecule has 1 unspecified atom stereocenters. The predicted molar refractivity (Wildman–Crippen MR) is 63.9 cm³/mol. The van der Waals surface area contributed by atoms with E-state index in [0.29, 0.717) is 13.2 Å². The summed E-state index contributed by atoms with van der Waals surface area (Å²) in [5.41, 5.74) is 5.07. The SMILES string of the molecule is CCOCC(Cc1cc(CC)nn1C)NN. The van der Waals surface area contributed by atoms with Crippen molar-refractivity contribution in [3.8, 4) is 0 Å². The second-order valence-electron chi connectivity index (χ2n) is 3.83. The van der Waals surface area contributed by atoms with E-state index in [2.05, 4.69) is 23.5 Å². The predicted octanol–water partition coefficient (Wildman–Crippen LogP) is 0.393. The molecule has 0 saturated carbocycles. The maximum Gasteiger partial charge on any atom is 0.0636 e. The van der Waals surface area contributed by atoms with Crippen LogP contribution in [0, 0.1) is 0 Å². The summed E-state index contributed by atoms with van der Waals surface area (Å²) in [5, 5.41) is 4.40. The van der Waals surface area contributed by atoms with E-state index in [-0.39, 0.29) is 6.04 Å². The van der Waals surface area contributed by atoms with Crippen molar-refractivity contribution < 1.29 is 4.74 Å². The molecule has 1 heterocycles. The lowest BCUT2D eigenvalue weighted by molar-refractivity contribution is 0.122. The third-order valence-corrected chi connectivity index (χ3v) is 2.60. The second-order valence-corrected chi connectivity index (χ2v) is 3.83. The molecule has 16 heavy (non-hydrogen) atoms. The average molecular weight is 226 g/mol. The Hall–Kier alpha value is -0.910. The molecule has 5 heteroatoms. The molecule has 5 nitrogen and oxygen atoms in total. The lowest BCUT2D eigenvalue weighted by Gasteiger charge is -2.15. The highest BCUT2D eigenvalue weighted by molar-refractivity contribution is 5.11. The highest BCUT2D eigenvalue weighted by Crippen LogP contribution is 2.07. The Balaban J connectivity index is 2.58. The molecule has 3 N–H and O–H groups in total. The van der Waals surface area contributed by atoms with Gasteiger partial charge in [0.25, 0.3) is 0 Å². The largest absolute Gasteiger partial charge is 0.380 e. The smallest absolute Gasteiger partial charge is 0.0636 e. The summed E-state index contributed by atoms with van der Waals surface area (Å²) >= 11 is 0. The van der Waals surface area contributed by atoms with Crippen LogP contribution < -0.4 is 11.3 Å². The highest BCUT2D eigenvalue weighted by atomic mass is 16.5. The summed E-state index contributed by atoms with van der Waals surface area (Å²) < 4.78 is 7.27. The first-order valence-electron chi connectivity index (χ1n) is 5.76. The molecule has 0 amide bonds. The Labute approximate surface area is 96.9 Å². The first-order valence-corrected chi connectivity index (χ1v) is 5.76. The molecule has 0 radical (unpaired) electrons. The van der Waals surface area contributed by atoms with Gasteiger partial charge in [-0.2, -0.15) is 5.10 Å². The van der Waals surface area contributed by atoms with Crippen molar-refractivity contribution in [3.63, 3.8) is 0 Å². The lowest BCUT2D eigenvalue weighted by atomic mass is 10.1. The summed E-state index contributed by atoms with van der Waals surface area (Å²) in [7, 11) is 1.96. The van der Waals surface area contributed by atoms with Gasteiger partial charge in [-0.1, -0.05) is 6.92 Å². The summed E-state index contributed by atoms with van der Waals surface area (Å²) in [6.45, 7) is 5.42. The molecule has 0 fully saturated rings. The van der Waals surface area contributed by atoms with Gasteiger partial charge in [0.2, 0.25) is 0 Å². The fraction of sp³-hybridized carbons (Fsp3) is 0.727. The molecule has 0 aliphatic rings. The first kappa shape index (κ1) is 13.2. The number of ether oxygens (including phenoxy) is 1. The van der Waals surface area contributed by atoms with Gasteiger partial charge >= 0.3 is 0 Å². The van der Waals surface area contributed by atoms with Crippen molar-refractivity contribution in [2.45, 2.75) is 32.7 Å². The average Bonchev–Trinajstić information content (AvgIpc) is 2.65. The number of hydrogen-bond donors (Lipinski definition) is 2. The molecule has 1 rings (SSSR count). The van der Waals surface area contributed by atoms with Gasteiger partial charge in [0.1, 0.15) is 0 Å². The third kappa shape index (κ3) is 3.59. The molecular weight excluding hydrogens is 204 g/mol. The van der Waals surface area contributed by atoms with Crippen LogP contribution in [0.4, 0.5) is 0 Å². The monoisotopic (exact) mass is 226 g/mol. The van der Waals surface area contributed by atoms with Crippen LogP contribution in [0.15, 0.2) is 6.07 Å². The maximum absolute atomic E-state index is 5.49. The van der Waals surface area contributed by atoms with E-state index in [4.69, 9.17) is 10.6 Å². The molecule has 1 atom stereocenters. The second kappa shape index (κ2) is 6.62. The number of hydrogen-bond acceptors (Lipinski definition) is 4. The number of aromatic nitrogens is 2. The fourth-order valence-electron chi connectivity index (χ4n) is 1.61. The third-order valence-electron chi connectivity index (χ3n) is 2.60. The summed E-state index contributed by atoms with van der Waals surface area (Å²) in [6, 6.07) is 2.26. The zero-order valence-corrected chi connectivity index (χ0v) is 10.4. The van der Waals surface area contributed by atoms with Gasteiger partial charge in [-0.3, -0.25) is 16.0 Å². The van der Waals surface area contributed by atoms with Crippen LogP contribution in [0.3, 0.4) is 0 Å². The van der Waals surface area contributed by atoms with E-state index in [1.54, 1.807) is 0 Å². The minimum Gasteiger partial charge on any atom is -0.380 e. The molecule has 0 saturated heterocycles. The van der Waals surface area contributed by atoms with Gasteiger partial charge in [0, 0.05) is 31.8 Å². The van der Waals surface area contributed by atoms with E-state index in [9.17, 15) is 0 Å². The minimum atomic E-state index is 0.139. The number of rotatable bonds is 7. The van der Waals surface area contributed by atoms with Crippen molar-refractivity contribution >= 4 is 0 Å². The molecule has 0 aromatic carbocycles. The van der Waals surface area contributed by atoms with Gasteiger partial charge in [0.15, 0.2) is 0 Å². The Kier molecular flexibility index (Phi) is 5.45. The number of aryl methyl sites for hydroxylation is 2. The molecule has 92 valence electrons. The van der Waals surface area contributed by atoms with Crippen molar-refractivity contribution in [2.75, 3.05) is 13.2 Å². The number of nitrogens with two attached hydrogens (primary N) is 1. The van der Waals surface area contributed by atoms with Crippen LogP contribution in [0.25, 0.3) is 0 Å². The van der Waals surface area contributed by atoms with Gasteiger partial charge in [-0.15, -0.1) is 0 Å². The number of nitrogens with zero attached hydrogens (tertiary/aromatic N) is 2. The molecule has 0 bridgehead atoms. The van der Waals surface area contributed by atoms with Gasteiger partial charge < -0.3 is 4.74 Å². The van der Waals surface area contributed by atoms with E-state index in [0.717, 1.165) is 18.5 Å². The van der Waals surface area contributed by atoms with Crippen molar-refractivity contribution in [1.29, 1.82) is 0 Å². The van der Waals surface area contributed by atoms with Crippen molar-refractivity contribution in [3.05, 3.63) is 17.5 Å².